The highest BCUT2D eigenvalue weighted by Gasteiger charge is 2.45. The van der Waals surface area contributed by atoms with Gasteiger partial charge in [-0.05, 0) is 69.9 Å². The molecule has 92 valence electrons. The SMILES string of the molecule is C[C@@H]1[C@@H]2Cc3cc(Br)c(O)cc3[C@@]1(C)CCN2. The Morgan fingerprint density at radius 3 is 3.00 bits per heavy atom. The van der Waals surface area contributed by atoms with Gasteiger partial charge in [0.15, 0.2) is 0 Å². The number of rotatable bonds is 0. The van der Waals surface area contributed by atoms with Crippen molar-refractivity contribution in [3.05, 3.63) is 27.7 Å². The number of piperidine rings is 1. The Bertz CT molecular complexity index is 474. The van der Waals surface area contributed by atoms with Gasteiger partial charge >= 0.3 is 0 Å². The molecule has 0 saturated carbocycles. The average molecular weight is 296 g/mol. The molecule has 3 rings (SSSR count). The minimum Gasteiger partial charge on any atom is -0.507 e. The van der Waals surface area contributed by atoms with E-state index in [1.807, 2.05) is 6.07 Å². The van der Waals surface area contributed by atoms with E-state index in [9.17, 15) is 5.11 Å². The van der Waals surface area contributed by atoms with Gasteiger partial charge in [-0.15, -0.1) is 0 Å². The number of phenols is 1. The van der Waals surface area contributed by atoms with Gasteiger partial charge < -0.3 is 10.4 Å². The maximum Gasteiger partial charge on any atom is 0.130 e. The molecule has 3 atom stereocenters. The maximum atomic E-state index is 9.91. The molecular weight excluding hydrogens is 278 g/mol. The fourth-order valence-corrected chi connectivity index (χ4v) is 3.93. The first kappa shape index (κ1) is 11.5. The smallest absolute Gasteiger partial charge is 0.130 e. The van der Waals surface area contributed by atoms with Crippen molar-refractivity contribution in [3.63, 3.8) is 0 Å². The summed E-state index contributed by atoms with van der Waals surface area (Å²) in [6.07, 6.45) is 2.23. The molecule has 2 bridgehead atoms. The first-order valence-electron chi connectivity index (χ1n) is 6.27. The van der Waals surface area contributed by atoms with Gasteiger partial charge in [-0.2, -0.15) is 0 Å². The third kappa shape index (κ3) is 1.55. The summed E-state index contributed by atoms with van der Waals surface area (Å²) in [5, 5.41) is 13.5. The highest BCUT2D eigenvalue weighted by atomic mass is 79.9. The van der Waals surface area contributed by atoms with Crippen LogP contribution in [0.2, 0.25) is 0 Å². The first-order valence-corrected chi connectivity index (χ1v) is 7.07. The molecule has 1 fully saturated rings. The van der Waals surface area contributed by atoms with Crippen LogP contribution in [0.3, 0.4) is 0 Å². The second kappa shape index (κ2) is 3.72. The Morgan fingerprint density at radius 1 is 1.47 bits per heavy atom. The normalized spacial score (nSPS) is 35.5. The molecule has 1 aliphatic carbocycles. The zero-order valence-corrected chi connectivity index (χ0v) is 11.8. The Hall–Kier alpha value is -0.540. The Labute approximate surface area is 111 Å². The summed E-state index contributed by atoms with van der Waals surface area (Å²) >= 11 is 3.42. The van der Waals surface area contributed by atoms with Crippen LogP contribution >= 0.6 is 15.9 Å². The molecule has 0 spiro atoms. The molecule has 17 heavy (non-hydrogen) atoms. The summed E-state index contributed by atoms with van der Waals surface area (Å²) in [4.78, 5) is 0. The topological polar surface area (TPSA) is 32.3 Å². The van der Waals surface area contributed by atoms with Crippen molar-refractivity contribution < 1.29 is 5.11 Å². The Balaban J connectivity index is 2.20. The summed E-state index contributed by atoms with van der Waals surface area (Å²) in [7, 11) is 0. The van der Waals surface area contributed by atoms with E-state index in [-0.39, 0.29) is 5.41 Å². The number of halogens is 1. The number of fused-ring (bicyclic) bond motifs is 4. The van der Waals surface area contributed by atoms with Crippen molar-refractivity contribution in [2.75, 3.05) is 6.54 Å². The fourth-order valence-electron chi connectivity index (χ4n) is 3.54. The average Bonchev–Trinajstić information content (AvgIpc) is 2.27. The van der Waals surface area contributed by atoms with Gasteiger partial charge in [-0.3, -0.25) is 0 Å². The van der Waals surface area contributed by atoms with E-state index in [0.29, 0.717) is 17.7 Å². The minimum absolute atomic E-state index is 0.210. The summed E-state index contributed by atoms with van der Waals surface area (Å²) < 4.78 is 0.812. The lowest BCUT2D eigenvalue weighted by Gasteiger charge is -2.50. The van der Waals surface area contributed by atoms with Gasteiger partial charge in [0.25, 0.3) is 0 Å². The number of benzene rings is 1. The molecule has 0 radical (unpaired) electrons. The molecular formula is C14H18BrNO. The van der Waals surface area contributed by atoms with Gasteiger partial charge in [-0.25, -0.2) is 0 Å². The highest BCUT2D eigenvalue weighted by Crippen LogP contribution is 2.47. The molecule has 0 amide bonds. The van der Waals surface area contributed by atoms with Crippen LogP contribution in [0.5, 0.6) is 5.75 Å². The minimum atomic E-state index is 0.210. The van der Waals surface area contributed by atoms with Crippen LogP contribution in [0.4, 0.5) is 0 Å². The molecule has 1 aromatic carbocycles. The quantitative estimate of drug-likeness (QED) is 0.771. The lowest BCUT2D eigenvalue weighted by Crippen LogP contribution is -2.56. The first-order chi connectivity index (χ1) is 8.02. The van der Waals surface area contributed by atoms with Crippen LogP contribution < -0.4 is 5.32 Å². The van der Waals surface area contributed by atoms with Crippen LogP contribution in [0.15, 0.2) is 16.6 Å². The largest absolute Gasteiger partial charge is 0.507 e. The molecule has 0 aromatic heterocycles. The van der Waals surface area contributed by atoms with Gasteiger partial charge in [0.05, 0.1) is 4.47 Å². The molecule has 0 unspecified atom stereocenters. The number of hydrogen-bond acceptors (Lipinski definition) is 2. The molecule has 3 heteroatoms. The predicted molar refractivity (Wildman–Crippen MR) is 72.4 cm³/mol. The standard InChI is InChI=1S/C14H18BrNO/c1-8-12-6-9-5-11(15)13(17)7-10(9)14(8,2)3-4-16-12/h5,7-8,12,16-17H,3-4,6H2,1-2H3/t8-,12+,14+/m1/s1. The van der Waals surface area contributed by atoms with Gasteiger partial charge in [0, 0.05) is 6.04 Å². The molecule has 1 aliphatic heterocycles. The van der Waals surface area contributed by atoms with Crippen molar-refractivity contribution in [2.45, 2.75) is 38.1 Å². The van der Waals surface area contributed by atoms with Crippen molar-refractivity contribution in [2.24, 2.45) is 5.92 Å². The van der Waals surface area contributed by atoms with Crippen molar-refractivity contribution in [1.29, 1.82) is 0 Å². The van der Waals surface area contributed by atoms with Crippen LogP contribution in [0.25, 0.3) is 0 Å². The molecule has 2 aliphatic rings. The molecule has 1 aromatic rings. The van der Waals surface area contributed by atoms with E-state index in [0.717, 1.165) is 23.9 Å². The number of nitrogens with one attached hydrogen (secondary N) is 1. The lowest BCUT2D eigenvalue weighted by molar-refractivity contribution is 0.158. The second-order valence-electron chi connectivity index (χ2n) is 5.68. The molecule has 1 saturated heterocycles. The Kier molecular flexibility index (Phi) is 2.53. The third-order valence-electron chi connectivity index (χ3n) is 4.89. The van der Waals surface area contributed by atoms with E-state index in [1.165, 1.54) is 11.1 Å². The number of hydrogen-bond donors (Lipinski definition) is 2. The second-order valence-corrected chi connectivity index (χ2v) is 6.54. The van der Waals surface area contributed by atoms with Crippen LogP contribution in [-0.2, 0) is 11.8 Å². The van der Waals surface area contributed by atoms with E-state index < -0.39 is 0 Å². The summed E-state index contributed by atoms with van der Waals surface area (Å²) in [6, 6.07) is 4.64. The number of aromatic hydroxyl groups is 1. The van der Waals surface area contributed by atoms with Crippen LogP contribution in [0, 0.1) is 5.92 Å². The van der Waals surface area contributed by atoms with E-state index in [4.69, 9.17) is 0 Å². The summed E-state index contributed by atoms with van der Waals surface area (Å²) in [5.74, 6) is 0.999. The van der Waals surface area contributed by atoms with Gasteiger partial charge in [0.1, 0.15) is 5.75 Å². The predicted octanol–water partition coefficient (Wildman–Crippen LogP) is 2.97. The van der Waals surface area contributed by atoms with Gasteiger partial charge in [0.2, 0.25) is 0 Å². The molecule has 2 N–H and O–H groups in total. The lowest BCUT2D eigenvalue weighted by atomic mass is 9.59. The van der Waals surface area contributed by atoms with Crippen LogP contribution in [0.1, 0.15) is 31.4 Å². The summed E-state index contributed by atoms with van der Waals surface area (Å²) in [5.41, 5.74) is 2.94. The monoisotopic (exact) mass is 295 g/mol. The van der Waals surface area contributed by atoms with Crippen LogP contribution in [-0.4, -0.2) is 17.7 Å². The van der Waals surface area contributed by atoms with E-state index >= 15 is 0 Å². The zero-order chi connectivity index (χ0) is 12.2. The summed E-state index contributed by atoms with van der Waals surface area (Å²) in [6.45, 7) is 5.76. The van der Waals surface area contributed by atoms with Gasteiger partial charge in [-0.1, -0.05) is 13.8 Å². The Morgan fingerprint density at radius 2 is 2.24 bits per heavy atom. The zero-order valence-electron chi connectivity index (χ0n) is 10.3. The maximum absolute atomic E-state index is 9.91. The van der Waals surface area contributed by atoms with Crippen molar-refractivity contribution >= 4 is 15.9 Å². The third-order valence-corrected chi connectivity index (χ3v) is 5.52. The van der Waals surface area contributed by atoms with E-state index in [1.54, 1.807) is 0 Å². The van der Waals surface area contributed by atoms with Crippen molar-refractivity contribution in [3.8, 4) is 5.75 Å². The molecule has 2 nitrogen and oxygen atoms in total. The van der Waals surface area contributed by atoms with Crippen molar-refractivity contribution in [1.82, 2.24) is 5.32 Å². The number of phenolic OH excluding ortho intramolecular Hbond substituents is 1. The van der Waals surface area contributed by atoms with E-state index in [2.05, 4.69) is 41.2 Å². The fraction of sp³-hybridized carbons (Fsp3) is 0.571. The molecule has 1 heterocycles. The highest BCUT2D eigenvalue weighted by molar-refractivity contribution is 9.10.